The van der Waals surface area contributed by atoms with Crippen molar-refractivity contribution in [3.8, 4) is 0 Å². The lowest BCUT2D eigenvalue weighted by atomic mass is 10.1. The number of carbonyl (C=O) groups is 1. The molecular formula is C16H24FIN4O. The quantitative estimate of drug-likeness (QED) is 0.265. The molecule has 1 fully saturated rings. The van der Waals surface area contributed by atoms with Gasteiger partial charge in [0.05, 0.1) is 0 Å². The number of amides is 1. The molecule has 0 radical (unpaired) electrons. The van der Waals surface area contributed by atoms with Gasteiger partial charge in [-0.25, -0.2) is 4.39 Å². The second kappa shape index (κ2) is 10.4. The lowest BCUT2D eigenvalue weighted by Gasteiger charge is -2.12. The highest BCUT2D eigenvalue weighted by molar-refractivity contribution is 14.0. The summed E-state index contributed by atoms with van der Waals surface area (Å²) in [5.74, 6) is 0.842. The molecule has 0 heterocycles. The number of nitrogens with one attached hydrogen (secondary N) is 3. The average Bonchev–Trinajstić information content (AvgIpc) is 3.36. The van der Waals surface area contributed by atoms with Gasteiger partial charge in [0.15, 0.2) is 5.96 Å². The lowest BCUT2D eigenvalue weighted by Crippen LogP contribution is -2.42. The van der Waals surface area contributed by atoms with Gasteiger partial charge in [0.25, 0.3) is 0 Å². The van der Waals surface area contributed by atoms with Gasteiger partial charge in [-0.3, -0.25) is 9.79 Å². The normalized spacial score (nSPS) is 13.9. The van der Waals surface area contributed by atoms with Crippen LogP contribution in [0.25, 0.3) is 0 Å². The van der Waals surface area contributed by atoms with Crippen molar-refractivity contribution in [3.05, 3.63) is 35.6 Å². The van der Waals surface area contributed by atoms with Crippen LogP contribution in [0.15, 0.2) is 29.3 Å². The maximum atomic E-state index is 13.5. The van der Waals surface area contributed by atoms with E-state index in [1.54, 1.807) is 19.2 Å². The second-order valence-electron chi connectivity index (χ2n) is 5.33. The molecule has 0 unspecified atom stereocenters. The van der Waals surface area contributed by atoms with Gasteiger partial charge in [-0.1, -0.05) is 18.2 Å². The minimum atomic E-state index is -0.185. The second-order valence-corrected chi connectivity index (χ2v) is 5.33. The Hall–Kier alpha value is -1.38. The molecule has 0 saturated heterocycles. The van der Waals surface area contributed by atoms with Crippen LogP contribution in [0.1, 0.15) is 18.4 Å². The van der Waals surface area contributed by atoms with Crippen LogP contribution in [0, 0.1) is 11.7 Å². The van der Waals surface area contributed by atoms with Gasteiger partial charge in [-0.15, -0.1) is 24.0 Å². The van der Waals surface area contributed by atoms with Crippen molar-refractivity contribution in [2.45, 2.75) is 19.3 Å². The highest BCUT2D eigenvalue weighted by Crippen LogP contribution is 2.28. The molecule has 1 amide bonds. The molecule has 23 heavy (non-hydrogen) atoms. The smallest absolute Gasteiger partial charge is 0.223 e. The molecule has 0 atom stereocenters. The predicted molar refractivity (Wildman–Crippen MR) is 101 cm³/mol. The number of aliphatic imine (C=N–C) groups is 1. The van der Waals surface area contributed by atoms with Gasteiger partial charge in [-0.05, 0) is 30.9 Å². The molecular weight excluding hydrogens is 410 g/mol. The first-order valence-electron chi connectivity index (χ1n) is 7.66. The minimum Gasteiger partial charge on any atom is -0.356 e. The number of hydrogen-bond donors (Lipinski definition) is 3. The van der Waals surface area contributed by atoms with Crippen molar-refractivity contribution >= 4 is 35.8 Å². The third kappa shape index (κ3) is 7.15. The van der Waals surface area contributed by atoms with E-state index in [-0.39, 0.29) is 41.6 Å². The Morgan fingerprint density at radius 1 is 1.17 bits per heavy atom. The Balaban J connectivity index is 0.00000264. The van der Waals surface area contributed by atoms with Crippen LogP contribution in [-0.4, -0.2) is 38.5 Å². The number of hydrogen-bond acceptors (Lipinski definition) is 2. The van der Waals surface area contributed by atoms with E-state index in [0.717, 1.165) is 12.8 Å². The first-order valence-corrected chi connectivity index (χ1v) is 7.66. The summed E-state index contributed by atoms with van der Waals surface area (Å²) in [6, 6.07) is 6.75. The first-order chi connectivity index (χ1) is 10.7. The van der Waals surface area contributed by atoms with Crippen molar-refractivity contribution in [3.63, 3.8) is 0 Å². The van der Waals surface area contributed by atoms with Gasteiger partial charge < -0.3 is 16.0 Å². The molecule has 3 N–H and O–H groups in total. The molecule has 5 nitrogen and oxygen atoms in total. The van der Waals surface area contributed by atoms with E-state index in [1.807, 2.05) is 6.07 Å². The molecule has 2 rings (SSSR count). The van der Waals surface area contributed by atoms with Crippen LogP contribution in [0.5, 0.6) is 0 Å². The number of nitrogens with zero attached hydrogens (tertiary/aromatic N) is 1. The third-order valence-electron chi connectivity index (χ3n) is 3.53. The lowest BCUT2D eigenvalue weighted by molar-refractivity contribution is -0.122. The number of guanidine groups is 1. The van der Waals surface area contributed by atoms with Gasteiger partial charge in [0.2, 0.25) is 5.91 Å². The van der Waals surface area contributed by atoms with Crippen molar-refractivity contribution in [1.29, 1.82) is 0 Å². The Labute approximate surface area is 153 Å². The number of halogens is 2. The molecule has 128 valence electrons. The molecule has 7 heteroatoms. The average molecular weight is 434 g/mol. The van der Waals surface area contributed by atoms with E-state index in [1.165, 1.54) is 6.07 Å². The summed E-state index contributed by atoms with van der Waals surface area (Å²) < 4.78 is 13.5. The third-order valence-corrected chi connectivity index (χ3v) is 3.53. The number of rotatable bonds is 7. The van der Waals surface area contributed by atoms with Gasteiger partial charge in [0, 0.05) is 32.6 Å². The van der Waals surface area contributed by atoms with Crippen LogP contribution >= 0.6 is 24.0 Å². The van der Waals surface area contributed by atoms with E-state index in [4.69, 9.17) is 0 Å². The zero-order valence-corrected chi connectivity index (χ0v) is 15.6. The van der Waals surface area contributed by atoms with Crippen molar-refractivity contribution in [2.75, 3.05) is 26.7 Å². The van der Waals surface area contributed by atoms with Crippen LogP contribution in [0.3, 0.4) is 0 Å². The summed E-state index contributed by atoms with van der Waals surface area (Å²) in [6.45, 7) is 1.77. The molecule has 1 aromatic rings. The predicted octanol–water partition coefficient (Wildman–Crippen LogP) is 1.68. The number of benzene rings is 1. The Bertz CT molecular complexity index is 535. The highest BCUT2D eigenvalue weighted by atomic mass is 127. The molecule has 1 aliphatic rings. The first kappa shape index (κ1) is 19.7. The monoisotopic (exact) mass is 434 g/mol. The van der Waals surface area contributed by atoms with Crippen molar-refractivity contribution in [1.82, 2.24) is 16.0 Å². The maximum absolute atomic E-state index is 13.5. The summed E-state index contributed by atoms with van der Waals surface area (Å²) in [7, 11) is 1.68. The standard InChI is InChI=1S/C16H23FN4O.HI/c1-18-16(21-11-10-19-15(22)13-6-7-13)20-9-8-12-4-2-3-5-14(12)17;/h2-5,13H,6-11H2,1H3,(H,19,22)(H2,18,20,21);1H. The summed E-state index contributed by atoms with van der Waals surface area (Å²) >= 11 is 0. The minimum absolute atomic E-state index is 0. The van der Waals surface area contributed by atoms with Crippen LogP contribution in [-0.2, 0) is 11.2 Å². The summed E-state index contributed by atoms with van der Waals surface area (Å²) in [6.07, 6.45) is 2.61. The van der Waals surface area contributed by atoms with Crippen LogP contribution in [0.4, 0.5) is 4.39 Å². The largest absolute Gasteiger partial charge is 0.356 e. The fourth-order valence-electron chi connectivity index (χ4n) is 2.09. The maximum Gasteiger partial charge on any atom is 0.223 e. The SMILES string of the molecule is CN=C(NCCNC(=O)C1CC1)NCCc1ccccc1F.I. The Kier molecular flexibility index (Phi) is 8.90. The summed E-state index contributed by atoms with van der Waals surface area (Å²) in [4.78, 5) is 15.6. The molecule has 0 spiro atoms. The zero-order chi connectivity index (χ0) is 15.8. The van der Waals surface area contributed by atoms with Gasteiger partial charge >= 0.3 is 0 Å². The van der Waals surface area contributed by atoms with Crippen molar-refractivity contribution in [2.24, 2.45) is 10.9 Å². The molecule has 0 aliphatic heterocycles. The molecule has 0 bridgehead atoms. The molecule has 0 aromatic heterocycles. The fraction of sp³-hybridized carbons (Fsp3) is 0.500. The van der Waals surface area contributed by atoms with Crippen LogP contribution in [0.2, 0.25) is 0 Å². The van der Waals surface area contributed by atoms with E-state index >= 15 is 0 Å². The van der Waals surface area contributed by atoms with E-state index < -0.39 is 0 Å². The Morgan fingerprint density at radius 2 is 1.83 bits per heavy atom. The highest BCUT2D eigenvalue weighted by Gasteiger charge is 2.28. The van der Waals surface area contributed by atoms with Crippen LogP contribution < -0.4 is 16.0 Å². The fourth-order valence-corrected chi connectivity index (χ4v) is 2.09. The summed E-state index contributed by atoms with van der Waals surface area (Å²) in [5.41, 5.74) is 0.683. The number of carbonyl (C=O) groups excluding carboxylic acids is 1. The van der Waals surface area contributed by atoms with Gasteiger partial charge in [-0.2, -0.15) is 0 Å². The summed E-state index contributed by atoms with van der Waals surface area (Å²) in [5, 5.41) is 9.12. The van der Waals surface area contributed by atoms with E-state index in [0.29, 0.717) is 37.6 Å². The molecule has 1 aliphatic carbocycles. The topological polar surface area (TPSA) is 65.5 Å². The van der Waals surface area contributed by atoms with E-state index in [9.17, 15) is 9.18 Å². The molecule has 1 saturated carbocycles. The Morgan fingerprint density at radius 3 is 2.48 bits per heavy atom. The van der Waals surface area contributed by atoms with Crippen molar-refractivity contribution < 1.29 is 9.18 Å². The van der Waals surface area contributed by atoms with Gasteiger partial charge in [0.1, 0.15) is 5.82 Å². The molecule has 1 aromatic carbocycles. The van der Waals surface area contributed by atoms with E-state index in [2.05, 4.69) is 20.9 Å². The zero-order valence-electron chi connectivity index (χ0n) is 13.3.